The molecule has 2 aromatic heterocycles. The van der Waals surface area contributed by atoms with Crippen molar-refractivity contribution in [3.8, 4) is 5.88 Å². The van der Waals surface area contributed by atoms with Gasteiger partial charge in [0.25, 0.3) is 0 Å². The van der Waals surface area contributed by atoms with Crippen LogP contribution in [0.5, 0.6) is 5.88 Å². The van der Waals surface area contributed by atoms with E-state index in [1.807, 2.05) is 16.9 Å². The van der Waals surface area contributed by atoms with Gasteiger partial charge < -0.3 is 14.4 Å². The van der Waals surface area contributed by atoms with Crippen LogP contribution in [0.25, 0.3) is 11.2 Å². The molecular weight excluding hydrogens is 298 g/mol. The minimum Gasteiger partial charge on any atom is -0.481 e. The van der Waals surface area contributed by atoms with Gasteiger partial charge in [-0.2, -0.15) is 16.7 Å². The second kappa shape index (κ2) is 6.85. The van der Waals surface area contributed by atoms with Crippen LogP contribution in [0, 0.1) is 0 Å². The predicted molar refractivity (Wildman–Crippen MR) is 80.8 cm³/mol. The molecule has 0 aliphatic carbocycles. The summed E-state index contributed by atoms with van der Waals surface area (Å²) in [6.07, 6.45) is 2.02. The van der Waals surface area contributed by atoms with E-state index in [2.05, 4.69) is 9.97 Å². The number of hydrogen-bond acceptors (Lipinski definition) is 6. The molecule has 2 heterocycles. The Kier molecular flexibility index (Phi) is 5.13. The third kappa shape index (κ3) is 3.37. The zero-order chi connectivity index (χ0) is 14.5. The van der Waals surface area contributed by atoms with Gasteiger partial charge in [0.1, 0.15) is 5.52 Å². The van der Waals surface area contributed by atoms with Crippen LogP contribution in [0.4, 0.5) is 0 Å². The molecule has 20 heavy (non-hydrogen) atoms. The third-order valence-electron chi connectivity index (χ3n) is 2.58. The van der Waals surface area contributed by atoms with Crippen LogP contribution in [0.3, 0.4) is 0 Å². The number of thioether (sulfide) groups is 2. The van der Waals surface area contributed by atoms with Crippen molar-refractivity contribution >= 4 is 40.7 Å². The lowest BCUT2D eigenvalue weighted by Gasteiger charge is -2.06. The van der Waals surface area contributed by atoms with Crippen molar-refractivity contribution < 1.29 is 14.6 Å². The monoisotopic (exact) mass is 313 g/mol. The van der Waals surface area contributed by atoms with Gasteiger partial charge in [-0.3, -0.25) is 4.79 Å². The number of methoxy groups -OCH3 is 1. The van der Waals surface area contributed by atoms with Crippen molar-refractivity contribution in [3.63, 3.8) is 0 Å². The molecule has 0 spiro atoms. The van der Waals surface area contributed by atoms with Crippen LogP contribution in [0.2, 0.25) is 0 Å². The Balaban J connectivity index is 2.40. The first-order valence-corrected chi connectivity index (χ1v) is 8.28. The highest BCUT2D eigenvalue weighted by molar-refractivity contribution is 7.99. The summed E-state index contributed by atoms with van der Waals surface area (Å²) in [6, 6.07) is 3.58. The standard InChI is InChI=1S/C12H15N3O3S2/c1-18-9-4-3-8-11(14-9)15(5-6-19-2)12(13-8)20-7-10(16)17/h3-4H,5-7H2,1-2H3,(H,16,17). The zero-order valence-corrected chi connectivity index (χ0v) is 12.8. The summed E-state index contributed by atoms with van der Waals surface area (Å²) < 4.78 is 7.08. The van der Waals surface area contributed by atoms with Crippen molar-refractivity contribution in [1.29, 1.82) is 0 Å². The summed E-state index contributed by atoms with van der Waals surface area (Å²) in [5.74, 6) is 0.562. The molecule has 1 N–H and O–H groups in total. The minimum absolute atomic E-state index is 0.0142. The van der Waals surface area contributed by atoms with E-state index < -0.39 is 5.97 Å². The van der Waals surface area contributed by atoms with Gasteiger partial charge in [-0.15, -0.1) is 0 Å². The second-order valence-corrected chi connectivity index (χ2v) is 5.85. The fourth-order valence-corrected chi connectivity index (χ4v) is 2.81. The molecule has 6 nitrogen and oxygen atoms in total. The number of rotatable bonds is 7. The van der Waals surface area contributed by atoms with E-state index in [-0.39, 0.29) is 5.75 Å². The summed E-state index contributed by atoms with van der Waals surface area (Å²) in [4.78, 5) is 19.6. The molecule has 0 bridgehead atoms. The van der Waals surface area contributed by atoms with E-state index in [1.54, 1.807) is 24.9 Å². The third-order valence-corrected chi connectivity index (χ3v) is 4.14. The van der Waals surface area contributed by atoms with E-state index in [9.17, 15) is 4.79 Å². The average molecular weight is 313 g/mol. The molecular formula is C12H15N3O3S2. The van der Waals surface area contributed by atoms with E-state index >= 15 is 0 Å². The molecule has 0 saturated carbocycles. The van der Waals surface area contributed by atoms with Crippen LogP contribution >= 0.6 is 23.5 Å². The van der Waals surface area contributed by atoms with Gasteiger partial charge in [0.2, 0.25) is 5.88 Å². The largest absolute Gasteiger partial charge is 0.481 e. The van der Waals surface area contributed by atoms with Crippen molar-refractivity contribution in [2.75, 3.05) is 24.9 Å². The maximum atomic E-state index is 10.7. The van der Waals surface area contributed by atoms with Gasteiger partial charge >= 0.3 is 5.97 Å². The summed E-state index contributed by atoms with van der Waals surface area (Å²) >= 11 is 2.93. The SMILES string of the molecule is COc1ccc2nc(SCC(=O)O)n(CCSC)c2n1. The number of pyridine rings is 1. The Morgan fingerprint density at radius 3 is 2.90 bits per heavy atom. The summed E-state index contributed by atoms with van der Waals surface area (Å²) in [7, 11) is 1.57. The lowest BCUT2D eigenvalue weighted by molar-refractivity contribution is -0.133. The van der Waals surface area contributed by atoms with Crippen LogP contribution in [0.1, 0.15) is 0 Å². The lowest BCUT2D eigenvalue weighted by atomic mass is 10.4. The van der Waals surface area contributed by atoms with Crippen molar-refractivity contribution in [2.24, 2.45) is 0 Å². The zero-order valence-electron chi connectivity index (χ0n) is 11.2. The molecule has 0 aromatic carbocycles. The molecule has 0 fully saturated rings. The van der Waals surface area contributed by atoms with Crippen LogP contribution in [-0.4, -0.2) is 50.5 Å². The summed E-state index contributed by atoms with van der Waals surface area (Å²) in [5.41, 5.74) is 1.48. The van der Waals surface area contributed by atoms with Crippen LogP contribution in [-0.2, 0) is 11.3 Å². The molecule has 2 aromatic rings. The maximum Gasteiger partial charge on any atom is 0.313 e. The number of nitrogens with zero attached hydrogens (tertiary/aromatic N) is 3. The van der Waals surface area contributed by atoms with E-state index in [0.29, 0.717) is 11.0 Å². The smallest absolute Gasteiger partial charge is 0.313 e. The molecule has 8 heteroatoms. The number of carboxylic acid groups (broad SMARTS) is 1. The first-order valence-electron chi connectivity index (χ1n) is 5.90. The maximum absolute atomic E-state index is 10.7. The number of carboxylic acids is 1. The van der Waals surface area contributed by atoms with Gasteiger partial charge in [-0.05, 0) is 12.3 Å². The number of aromatic nitrogens is 3. The fraction of sp³-hybridized carbons (Fsp3) is 0.417. The average Bonchev–Trinajstić information content (AvgIpc) is 2.79. The predicted octanol–water partition coefficient (Wildman–Crippen LogP) is 1.98. The molecule has 0 unspecified atom stereocenters. The number of imidazole rings is 1. The molecule has 0 atom stereocenters. The lowest BCUT2D eigenvalue weighted by Crippen LogP contribution is -2.05. The van der Waals surface area contributed by atoms with Gasteiger partial charge in [-0.1, -0.05) is 11.8 Å². The normalized spacial score (nSPS) is 10.9. The molecule has 0 radical (unpaired) electrons. The molecule has 2 rings (SSSR count). The number of hydrogen-bond donors (Lipinski definition) is 1. The number of aryl methyl sites for hydroxylation is 1. The molecule has 0 amide bonds. The Labute approximate surface area is 124 Å². The summed E-state index contributed by atoms with van der Waals surface area (Å²) in [5, 5.41) is 9.48. The number of aliphatic carboxylic acids is 1. The van der Waals surface area contributed by atoms with Gasteiger partial charge in [-0.25, -0.2) is 4.98 Å². The van der Waals surface area contributed by atoms with E-state index in [0.717, 1.165) is 23.5 Å². The van der Waals surface area contributed by atoms with Crippen molar-refractivity contribution in [1.82, 2.24) is 14.5 Å². The highest BCUT2D eigenvalue weighted by Gasteiger charge is 2.14. The minimum atomic E-state index is -0.857. The van der Waals surface area contributed by atoms with E-state index in [1.165, 1.54) is 11.8 Å². The Morgan fingerprint density at radius 1 is 1.45 bits per heavy atom. The summed E-state index contributed by atoms with van der Waals surface area (Å²) in [6.45, 7) is 0.736. The van der Waals surface area contributed by atoms with Crippen molar-refractivity contribution in [2.45, 2.75) is 11.7 Å². The second-order valence-electron chi connectivity index (χ2n) is 3.92. The highest BCUT2D eigenvalue weighted by Crippen LogP contribution is 2.25. The Hall–Kier alpha value is -1.41. The first-order chi connectivity index (χ1) is 9.65. The number of fused-ring (bicyclic) bond motifs is 1. The Bertz CT molecular complexity index is 615. The quantitative estimate of drug-likeness (QED) is 0.783. The van der Waals surface area contributed by atoms with E-state index in [4.69, 9.17) is 9.84 Å². The number of ether oxygens (including phenoxy) is 1. The van der Waals surface area contributed by atoms with Gasteiger partial charge in [0.15, 0.2) is 10.8 Å². The van der Waals surface area contributed by atoms with Gasteiger partial charge in [0, 0.05) is 18.4 Å². The first kappa shape index (κ1) is 15.0. The highest BCUT2D eigenvalue weighted by atomic mass is 32.2. The fourth-order valence-electron chi connectivity index (χ4n) is 1.70. The van der Waals surface area contributed by atoms with Crippen LogP contribution < -0.4 is 4.74 Å². The molecule has 0 aliphatic heterocycles. The van der Waals surface area contributed by atoms with Crippen molar-refractivity contribution in [3.05, 3.63) is 12.1 Å². The van der Waals surface area contributed by atoms with Crippen LogP contribution in [0.15, 0.2) is 17.3 Å². The van der Waals surface area contributed by atoms with Gasteiger partial charge in [0.05, 0.1) is 12.9 Å². The Morgan fingerprint density at radius 2 is 2.25 bits per heavy atom. The topological polar surface area (TPSA) is 77.2 Å². The molecule has 0 aliphatic rings. The molecule has 0 saturated heterocycles. The molecule has 108 valence electrons. The number of carbonyl (C=O) groups is 1.